The van der Waals surface area contributed by atoms with Crippen LogP contribution < -0.4 is 15.3 Å². The van der Waals surface area contributed by atoms with Crippen molar-refractivity contribution in [3.8, 4) is 0 Å². The van der Waals surface area contributed by atoms with E-state index in [1.54, 1.807) is 16.3 Å². The van der Waals surface area contributed by atoms with Gasteiger partial charge in [-0.3, -0.25) is 9.69 Å². The quantitative estimate of drug-likeness (QED) is 0.293. The van der Waals surface area contributed by atoms with Crippen LogP contribution >= 0.6 is 11.3 Å². The Labute approximate surface area is 262 Å². The summed E-state index contributed by atoms with van der Waals surface area (Å²) in [4.78, 5) is 20.2. The van der Waals surface area contributed by atoms with E-state index < -0.39 is 24.4 Å². The number of aromatic nitrogens is 1. The monoisotopic (exact) mass is 640 g/mol. The van der Waals surface area contributed by atoms with E-state index in [1.807, 2.05) is 31.4 Å². The van der Waals surface area contributed by atoms with Crippen molar-refractivity contribution in [2.24, 2.45) is 5.92 Å². The van der Waals surface area contributed by atoms with E-state index in [0.717, 1.165) is 12.1 Å². The summed E-state index contributed by atoms with van der Waals surface area (Å²) < 4.78 is 36.7. The molecule has 3 aromatic rings. The summed E-state index contributed by atoms with van der Waals surface area (Å²) in [7, 11) is -4.68. The molecule has 3 atom stereocenters. The van der Waals surface area contributed by atoms with Crippen LogP contribution in [0.4, 0.5) is 5.13 Å². The minimum Gasteiger partial charge on any atom is -0.407 e. The Balaban J connectivity index is 1.35. The molecule has 0 bridgehead atoms. The van der Waals surface area contributed by atoms with E-state index in [9.17, 15) is 13.2 Å². The lowest BCUT2D eigenvalue weighted by Gasteiger charge is -2.43. The molecule has 0 radical (unpaired) electrons. The zero-order chi connectivity index (χ0) is 31.0. The first-order valence-corrected chi connectivity index (χ1v) is 19.4. The molecule has 3 heterocycles. The Morgan fingerprint density at radius 3 is 2.23 bits per heavy atom. The zero-order valence-electron chi connectivity index (χ0n) is 26.1. The van der Waals surface area contributed by atoms with Gasteiger partial charge in [0.1, 0.15) is 0 Å². The van der Waals surface area contributed by atoms with Crippen LogP contribution in [0.15, 0.2) is 66.0 Å². The fourth-order valence-electron chi connectivity index (χ4n) is 6.87. The molecule has 0 aliphatic carbocycles. The first-order chi connectivity index (χ1) is 20.4. The van der Waals surface area contributed by atoms with Crippen LogP contribution in [0.3, 0.4) is 0 Å². The Hall–Kier alpha value is -2.41. The molecule has 5 rings (SSSR count). The lowest BCUT2D eigenvalue weighted by atomic mass is 10.0. The second-order valence-corrected chi connectivity index (χ2v) is 19.8. The van der Waals surface area contributed by atoms with E-state index in [-0.39, 0.29) is 23.0 Å². The summed E-state index contributed by atoms with van der Waals surface area (Å²) in [5, 5.41) is 5.01. The molecular weight excluding hydrogens is 597 g/mol. The molecule has 2 aliphatic rings. The van der Waals surface area contributed by atoms with Gasteiger partial charge in [0.15, 0.2) is 5.13 Å². The smallest absolute Gasteiger partial charge is 0.282 e. The van der Waals surface area contributed by atoms with Gasteiger partial charge in [-0.05, 0) is 28.3 Å². The van der Waals surface area contributed by atoms with Crippen LogP contribution in [0.25, 0.3) is 0 Å². The molecule has 8 nitrogen and oxygen atoms in total. The van der Waals surface area contributed by atoms with Crippen LogP contribution in [0.1, 0.15) is 53.2 Å². The molecular formula is C32H44N4O4S2Si. The first kappa shape index (κ1) is 32.0. The molecule has 2 aromatic carbocycles. The summed E-state index contributed by atoms with van der Waals surface area (Å²) in [6, 6.07) is 20.6. The van der Waals surface area contributed by atoms with E-state index in [0.29, 0.717) is 37.7 Å². The second-order valence-electron chi connectivity index (χ2n) is 12.7. The van der Waals surface area contributed by atoms with Crippen molar-refractivity contribution < 1.29 is 17.6 Å². The number of fused-ring (bicyclic) bond motifs is 1. The highest BCUT2D eigenvalue weighted by Gasteiger charge is 2.56. The van der Waals surface area contributed by atoms with Gasteiger partial charge in [-0.1, -0.05) is 95.3 Å². The standard InChI is InChI=1S/C32H44N4O4S2Si/c1-7-20-34(6)42(38,39)35-21-18-28-29(35)24(2)30(37)36(28)31-33-25(23-41-31)19-22-40-43(32(3,4)5,26-14-10-8-11-15-26)27-16-12-9-13-17-27/h8-17,23-24,28-29H,7,18-22H2,1-6H3/t24-,28-,29+/m0/s1. The number of amides is 1. The molecule has 1 aromatic heterocycles. The van der Waals surface area contributed by atoms with Gasteiger partial charge >= 0.3 is 0 Å². The van der Waals surface area contributed by atoms with Crippen molar-refractivity contribution in [2.45, 2.75) is 71.0 Å². The Morgan fingerprint density at radius 2 is 1.67 bits per heavy atom. The molecule has 0 spiro atoms. The van der Waals surface area contributed by atoms with Gasteiger partial charge in [-0.2, -0.15) is 17.0 Å². The third-order valence-corrected chi connectivity index (χ3v) is 16.8. The summed E-state index contributed by atoms with van der Waals surface area (Å²) in [5.41, 5.74) is 0.881. The van der Waals surface area contributed by atoms with Gasteiger partial charge in [0.2, 0.25) is 5.91 Å². The normalized spacial score (nSPS) is 21.6. The Bertz CT molecular complexity index is 1470. The zero-order valence-corrected chi connectivity index (χ0v) is 28.7. The van der Waals surface area contributed by atoms with Crippen molar-refractivity contribution in [3.63, 3.8) is 0 Å². The third-order valence-electron chi connectivity index (χ3n) is 8.91. The van der Waals surface area contributed by atoms with Gasteiger partial charge in [-0.25, -0.2) is 4.98 Å². The molecule has 2 aliphatic heterocycles. The molecule has 43 heavy (non-hydrogen) atoms. The number of carbonyl (C=O) groups excluding carboxylic acids is 1. The Morgan fingerprint density at radius 1 is 1.07 bits per heavy atom. The van der Waals surface area contributed by atoms with Crippen LogP contribution in [0.5, 0.6) is 0 Å². The van der Waals surface area contributed by atoms with Crippen molar-refractivity contribution >= 4 is 51.3 Å². The summed E-state index contributed by atoms with van der Waals surface area (Å²) in [5.74, 6) is -0.486. The predicted molar refractivity (Wildman–Crippen MR) is 177 cm³/mol. The maximum absolute atomic E-state index is 13.5. The summed E-state index contributed by atoms with van der Waals surface area (Å²) >= 11 is 1.45. The Kier molecular flexibility index (Phi) is 9.32. The van der Waals surface area contributed by atoms with Crippen molar-refractivity contribution in [1.82, 2.24) is 13.6 Å². The van der Waals surface area contributed by atoms with Gasteiger partial charge in [0.05, 0.1) is 23.7 Å². The van der Waals surface area contributed by atoms with Gasteiger partial charge < -0.3 is 4.43 Å². The summed E-state index contributed by atoms with van der Waals surface area (Å²) in [6.07, 6.45) is 1.96. The molecule has 1 amide bonds. The van der Waals surface area contributed by atoms with Gasteiger partial charge in [-0.15, -0.1) is 11.3 Å². The molecule has 2 fully saturated rings. The molecule has 11 heteroatoms. The van der Waals surface area contributed by atoms with Crippen molar-refractivity contribution in [2.75, 3.05) is 31.6 Å². The lowest BCUT2D eigenvalue weighted by molar-refractivity contribution is -0.120. The van der Waals surface area contributed by atoms with Crippen LogP contribution in [0, 0.1) is 5.92 Å². The molecule has 0 saturated carbocycles. The highest BCUT2D eigenvalue weighted by atomic mass is 32.2. The number of carbonyl (C=O) groups is 1. The minimum absolute atomic E-state index is 0.0579. The largest absolute Gasteiger partial charge is 0.407 e. The van der Waals surface area contributed by atoms with Crippen LogP contribution in [0.2, 0.25) is 5.04 Å². The van der Waals surface area contributed by atoms with Gasteiger partial charge in [0.25, 0.3) is 18.5 Å². The summed E-state index contributed by atoms with van der Waals surface area (Å²) in [6.45, 7) is 12.0. The maximum atomic E-state index is 13.5. The average Bonchev–Trinajstić information content (AvgIpc) is 3.69. The highest BCUT2D eigenvalue weighted by molar-refractivity contribution is 7.86. The highest BCUT2D eigenvalue weighted by Crippen LogP contribution is 2.42. The number of anilines is 1. The fraction of sp³-hybridized carbons (Fsp3) is 0.500. The topological polar surface area (TPSA) is 83.1 Å². The maximum Gasteiger partial charge on any atom is 0.282 e. The number of rotatable bonds is 11. The van der Waals surface area contributed by atoms with E-state index >= 15 is 0 Å². The third kappa shape index (κ3) is 5.75. The van der Waals surface area contributed by atoms with Gasteiger partial charge in [0, 0.05) is 38.5 Å². The molecule has 2 saturated heterocycles. The van der Waals surface area contributed by atoms with Crippen molar-refractivity contribution in [1.29, 1.82) is 0 Å². The van der Waals surface area contributed by atoms with Crippen LogP contribution in [-0.2, 0) is 25.9 Å². The molecule has 0 N–H and O–H groups in total. The molecule has 0 unspecified atom stereocenters. The van der Waals surface area contributed by atoms with E-state index in [1.165, 1.54) is 26.0 Å². The number of hydrogen-bond donors (Lipinski definition) is 0. The minimum atomic E-state index is -3.64. The lowest BCUT2D eigenvalue weighted by Crippen LogP contribution is -2.66. The number of hydrogen-bond acceptors (Lipinski definition) is 6. The van der Waals surface area contributed by atoms with E-state index in [4.69, 9.17) is 9.41 Å². The second kappa shape index (κ2) is 12.5. The number of benzene rings is 2. The van der Waals surface area contributed by atoms with Crippen molar-refractivity contribution in [3.05, 3.63) is 71.7 Å². The first-order valence-electron chi connectivity index (χ1n) is 15.2. The average molecular weight is 641 g/mol. The number of thiazole rings is 1. The van der Waals surface area contributed by atoms with Crippen LogP contribution in [-0.4, -0.2) is 75.1 Å². The molecule has 232 valence electrons. The fourth-order valence-corrected chi connectivity index (χ4v) is 14.1. The number of nitrogens with zero attached hydrogens (tertiary/aromatic N) is 4. The SMILES string of the molecule is CCCN(C)S(=O)(=O)N1CC[C@H]2[C@H]1[C@H](C)C(=O)N2c1nc(CCO[Si](c2ccccc2)(c2ccccc2)C(C)(C)C)cs1. The van der Waals surface area contributed by atoms with E-state index in [2.05, 4.69) is 69.3 Å². The predicted octanol–water partition coefficient (Wildman–Crippen LogP) is 4.27.